The van der Waals surface area contributed by atoms with Crippen molar-refractivity contribution in [2.24, 2.45) is 0 Å². The average molecular weight is 354 g/mol. The van der Waals surface area contributed by atoms with E-state index in [0.29, 0.717) is 0 Å². The molecule has 0 aromatic rings. The lowest BCUT2D eigenvalue weighted by Gasteiger charge is -2.20. The fourth-order valence-electron chi connectivity index (χ4n) is 3.72. The summed E-state index contributed by atoms with van der Waals surface area (Å²) >= 11 is 0. The maximum Gasteiger partial charge on any atom is -0.00189 e. The molecule has 0 heterocycles. The van der Waals surface area contributed by atoms with Gasteiger partial charge < -0.3 is 4.90 Å². The summed E-state index contributed by atoms with van der Waals surface area (Å²) in [6.45, 7) is 10.9. The lowest BCUT2D eigenvalue weighted by atomic mass is 10.1. The molecule has 0 aliphatic heterocycles. The van der Waals surface area contributed by atoms with E-state index in [0.717, 1.165) is 0 Å². The molecule has 152 valence electrons. The summed E-state index contributed by atoms with van der Waals surface area (Å²) in [5.74, 6) is 0. The first-order valence-corrected chi connectivity index (χ1v) is 12.1. The molecule has 0 unspecified atom stereocenters. The number of rotatable bonds is 21. The van der Waals surface area contributed by atoms with Crippen molar-refractivity contribution in [1.29, 1.82) is 0 Å². The second kappa shape index (κ2) is 22.0. The number of unbranched alkanes of at least 4 members (excludes halogenated alkanes) is 16. The van der Waals surface area contributed by atoms with Crippen LogP contribution >= 0.6 is 0 Å². The summed E-state index contributed by atoms with van der Waals surface area (Å²) in [5, 5.41) is 0. The van der Waals surface area contributed by atoms with E-state index in [4.69, 9.17) is 0 Å². The standard InChI is InChI=1S/C24H51N/c1-4-7-9-11-13-15-17-19-21-23-25(6-3)24-22-20-18-16-14-12-10-8-5-2/h4-24H2,1-3H3. The van der Waals surface area contributed by atoms with E-state index < -0.39 is 0 Å². The zero-order valence-corrected chi connectivity index (χ0v) is 18.3. The molecule has 1 heteroatoms. The van der Waals surface area contributed by atoms with Crippen LogP contribution in [-0.2, 0) is 0 Å². The van der Waals surface area contributed by atoms with E-state index in [1.54, 1.807) is 0 Å². The minimum absolute atomic E-state index is 1.24. The molecule has 0 amide bonds. The molecule has 0 rings (SSSR count). The molecule has 0 N–H and O–H groups in total. The lowest BCUT2D eigenvalue weighted by molar-refractivity contribution is 0.273. The molecule has 1 nitrogen and oxygen atoms in total. The van der Waals surface area contributed by atoms with Crippen molar-refractivity contribution in [1.82, 2.24) is 4.90 Å². The molecular formula is C24H51N. The van der Waals surface area contributed by atoms with Gasteiger partial charge in [-0.1, -0.05) is 124 Å². The second-order valence-corrected chi connectivity index (χ2v) is 8.09. The number of hydrogen-bond donors (Lipinski definition) is 0. The van der Waals surface area contributed by atoms with Crippen LogP contribution in [-0.4, -0.2) is 24.5 Å². The van der Waals surface area contributed by atoms with E-state index in [1.165, 1.54) is 135 Å². The van der Waals surface area contributed by atoms with Crippen LogP contribution in [0.2, 0.25) is 0 Å². The summed E-state index contributed by atoms with van der Waals surface area (Å²) in [5.41, 5.74) is 0. The lowest BCUT2D eigenvalue weighted by Crippen LogP contribution is -2.25. The third-order valence-electron chi connectivity index (χ3n) is 5.60. The van der Waals surface area contributed by atoms with Crippen LogP contribution in [0.5, 0.6) is 0 Å². The smallest absolute Gasteiger partial charge is 0.00189 e. The monoisotopic (exact) mass is 353 g/mol. The highest BCUT2D eigenvalue weighted by molar-refractivity contribution is 4.57. The van der Waals surface area contributed by atoms with Gasteiger partial charge in [-0.15, -0.1) is 0 Å². The van der Waals surface area contributed by atoms with E-state index in [9.17, 15) is 0 Å². The maximum atomic E-state index is 2.68. The van der Waals surface area contributed by atoms with Gasteiger partial charge in [-0.2, -0.15) is 0 Å². The third kappa shape index (κ3) is 20.1. The molecule has 0 aliphatic rings. The van der Waals surface area contributed by atoms with Gasteiger partial charge in [-0.3, -0.25) is 0 Å². The molecule has 0 atom stereocenters. The Hall–Kier alpha value is -0.0400. The highest BCUT2D eigenvalue weighted by Crippen LogP contribution is 2.12. The van der Waals surface area contributed by atoms with Crippen molar-refractivity contribution >= 4 is 0 Å². The van der Waals surface area contributed by atoms with Gasteiger partial charge in [0.25, 0.3) is 0 Å². The first-order chi connectivity index (χ1) is 12.3. The van der Waals surface area contributed by atoms with Crippen LogP contribution in [0.3, 0.4) is 0 Å². The Balaban J connectivity index is 3.28. The van der Waals surface area contributed by atoms with Gasteiger partial charge in [0.2, 0.25) is 0 Å². The molecule has 0 aliphatic carbocycles. The second-order valence-electron chi connectivity index (χ2n) is 8.09. The summed E-state index contributed by atoms with van der Waals surface area (Å²) in [7, 11) is 0. The largest absolute Gasteiger partial charge is 0.304 e. The Morgan fingerprint density at radius 2 is 0.640 bits per heavy atom. The van der Waals surface area contributed by atoms with Gasteiger partial charge in [-0.05, 0) is 32.5 Å². The van der Waals surface area contributed by atoms with Gasteiger partial charge in [0.15, 0.2) is 0 Å². The van der Waals surface area contributed by atoms with Crippen LogP contribution < -0.4 is 0 Å². The van der Waals surface area contributed by atoms with Crippen LogP contribution in [0.25, 0.3) is 0 Å². The van der Waals surface area contributed by atoms with Crippen molar-refractivity contribution in [2.45, 2.75) is 136 Å². The quantitative estimate of drug-likeness (QED) is 0.187. The molecule has 0 aromatic carbocycles. The van der Waals surface area contributed by atoms with Crippen molar-refractivity contribution in [3.8, 4) is 0 Å². The van der Waals surface area contributed by atoms with Gasteiger partial charge in [0.05, 0.1) is 0 Å². The van der Waals surface area contributed by atoms with Crippen molar-refractivity contribution in [2.75, 3.05) is 19.6 Å². The molecular weight excluding hydrogens is 302 g/mol. The van der Waals surface area contributed by atoms with Crippen molar-refractivity contribution in [3.63, 3.8) is 0 Å². The highest BCUT2D eigenvalue weighted by atomic mass is 15.1. The van der Waals surface area contributed by atoms with Crippen LogP contribution in [0.15, 0.2) is 0 Å². The van der Waals surface area contributed by atoms with Crippen LogP contribution in [0.4, 0.5) is 0 Å². The van der Waals surface area contributed by atoms with Crippen LogP contribution in [0, 0.1) is 0 Å². The Bertz CT molecular complexity index is 204. The Morgan fingerprint density at radius 3 is 0.920 bits per heavy atom. The van der Waals surface area contributed by atoms with Crippen molar-refractivity contribution in [3.05, 3.63) is 0 Å². The first kappa shape index (κ1) is 25.0. The zero-order valence-electron chi connectivity index (χ0n) is 18.3. The maximum absolute atomic E-state index is 2.68. The highest BCUT2D eigenvalue weighted by Gasteiger charge is 2.02. The van der Waals surface area contributed by atoms with Gasteiger partial charge in [0.1, 0.15) is 0 Å². The normalized spacial score (nSPS) is 11.5. The molecule has 0 saturated heterocycles. The SMILES string of the molecule is CCCCCCCCCCCN(CC)CCCCCCCCCCC. The molecule has 0 radical (unpaired) electrons. The fourth-order valence-corrected chi connectivity index (χ4v) is 3.72. The fraction of sp³-hybridized carbons (Fsp3) is 1.00. The molecule has 0 saturated carbocycles. The minimum Gasteiger partial charge on any atom is -0.304 e. The van der Waals surface area contributed by atoms with Gasteiger partial charge >= 0.3 is 0 Å². The van der Waals surface area contributed by atoms with Gasteiger partial charge in [0, 0.05) is 0 Å². The van der Waals surface area contributed by atoms with Crippen molar-refractivity contribution < 1.29 is 0 Å². The Morgan fingerprint density at radius 1 is 0.360 bits per heavy atom. The van der Waals surface area contributed by atoms with E-state index >= 15 is 0 Å². The summed E-state index contributed by atoms with van der Waals surface area (Å²) < 4.78 is 0. The van der Waals surface area contributed by atoms with E-state index in [2.05, 4.69) is 25.7 Å². The Kier molecular flexibility index (Phi) is 22.0. The van der Waals surface area contributed by atoms with Gasteiger partial charge in [-0.25, -0.2) is 0 Å². The van der Waals surface area contributed by atoms with E-state index in [-0.39, 0.29) is 0 Å². The summed E-state index contributed by atoms with van der Waals surface area (Å²) in [6.07, 6.45) is 26.0. The number of nitrogens with zero attached hydrogens (tertiary/aromatic N) is 1. The predicted octanol–water partition coefficient (Wildman–Crippen LogP) is 8.37. The topological polar surface area (TPSA) is 3.24 Å². The Labute approximate surface area is 161 Å². The molecule has 0 aromatic heterocycles. The predicted molar refractivity (Wildman–Crippen MR) is 117 cm³/mol. The first-order valence-electron chi connectivity index (χ1n) is 12.1. The zero-order chi connectivity index (χ0) is 18.4. The van der Waals surface area contributed by atoms with E-state index in [1.807, 2.05) is 0 Å². The average Bonchev–Trinajstić information content (AvgIpc) is 2.63. The molecule has 25 heavy (non-hydrogen) atoms. The summed E-state index contributed by atoms with van der Waals surface area (Å²) in [6, 6.07) is 0. The third-order valence-corrected chi connectivity index (χ3v) is 5.60. The number of hydrogen-bond acceptors (Lipinski definition) is 1. The minimum atomic E-state index is 1.24. The van der Waals surface area contributed by atoms with Crippen LogP contribution in [0.1, 0.15) is 136 Å². The summed E-state index contributed by atoms with van der Waals surface area (Å²) in [4.78, 5) is 2.68. The molecule has 0 spiro atoms. The molecule has 0 bridgehead atoms. The molecule has 0 fully saturated rings.